The summed E-state index contributed by atoms with van der Waals surface area (Å²) in [7, 11) is 1.71. The summed E-state index contributed by atoms with van der Waals surface area (Å²) in [5.41, 5.74) is 2.14. The molecule has 0 spiro atoms. The Morgan fingerprint density at radius 1 is 1.28 bits per heavy atom. The second kappa shape index (κ2) is 11.1. The minimum atomic E-state index is -0.384. The molecule has 2 atom stereocenters. The Bertz CT molecular complexity index is 865. The lowest BCUT2D eigenvalue weighted by molar-refractivity contribution is 0.258. The molecule has 3 rings (SSSR count). The van der Waals surface area contributed by atoms with Gasteiger partial charge in [0.1, 0.15) is 5.82 Å². The summed E-state index contributed by atoms with van der Waals surface area (Å²) in [6, 6.07) is 17.7. The fourth-order valence-corrected chi connectivity index (χ4v) is 3.57. The Morgan fingerprint density at radius 2 is 2.03 bits per heavy atom. The van der Waals surface area contributed by atoms with Gasteiger partial charge in [-0.15, -0.1) is 24.0 Å². The van der Waals surface area contributed by atoms with Crippen LogP contribution in [0.25, 0.3) is 0 Å². The van der Waals surface area contributed by atoms with Gasteiger partial charge in [-0.05, 0) is 31.0 Å². The van der Waals surface area contributed by atoms with Crippen molar-refractivity contribution >= 4 is 29.9 Å². The van der Waals surface area contributed by atoms with Gasteiger partial charge < -0.3 is 10.6 Å². The minimum absolute atomic E-state index is 0. The van der Waals surface area contributed by atoms with Gasteiger partial charge in [0, 0.05) is 44.3 Å². The zero-order valence-electron chi connectivity index (χ0n) is 16.7. The highest BCUT2D eigenvalue weighted by Crippen LogP contribution is 2.20. The molecule has 0 bridgehead atoms. The summed E-state index contributed by atoms with van der Waals surface area (Å²) < 4.78 is 14.0. The Hall–Kier alpha value is -2.18. The van der Waals surface area contributed by atoms with Crippen LogP contribution in [0.3, 0.4) is 0 Å². The predicted molar refractivity (Wildman–Crippen MR) is 125 cm³/mol. The van der Waals surface area contributed by atoms with Crippen LogP contribution in [0, 0.1) is 17.1 Å². The molecule has 2 N–H and O–H groups in total. The van der Waals surface area contributed by atoms with Gasteiger partial charge >= 0.3 is 0 Å². The zero-order valence-corrected chi connectivity index (χ0v) is 19.1. The number of aliphatic imine (C=N–C) groups is 1. The maximum absolute atomic E-state index is 14.0. The van der Waals surface area contributed by atoms with Crippen LogP contribution in [0.1, 0.15) is 30.0 Å². The smallest absolute Gasteiger partial charge is 0.191 e. The molecule has 29 heavy (non-hydrogen) atoms. The van der Waals surface area contributed by atoms with E-state index in [1.54, 1.807) is 19.2 Å². The van der Waals surface area contributed by atoms with Gasteiger partial charge in [0.25, 0.3) is 0 Å². The van der Waals surface area contributed by atoms with Crippen molar-refractivity contribution < 1.29 is 4.39 Å². The molecule has 0 amide bonds. The number of halogens is 2. The van der Waals surface area contributed by atoms with Crippen molar-refractivity contribution in [3.63, 3.8) is 0 Å². The third kappa shape index (κ3) is 6.41. The van der Waals surface area contributed by atoms with Gasteiger partial charge in [-0.3, -0.25) is 9.89 Å². The first kappa shape index (κ1) is 23.1. The van der Waals surface area contributed by atoms with Crippen molar-refractivity contribution in [1.82, 2.24) is 15.5 Å². The van der Waals surface area contributed by atoms with E-state index in [0.29, 0.717) is 29.7 Å². The topological polar surface area (TPSA) is 63.5 Å². The molecule has 2 unspecified atom stereocenters. The van der Waals surface area contributed by atoms with Gasteiger partial charge in [-0.25, -0.2) is 4.39 Å². The average molecular weight is 507 g/mol. The van der Waals surface area contributed by atoms with Crippen LogP contribution >= 0.6 is 24.0 Å². The van der Waals surface area contributed by atoms with E-state index in [1.165, 1.54) is 11.6 Å². The molecule has 7 heteroatoms. The maximum Gasteiger partial charge on any atom is 0.191 e. The lowest BCUT2D eigenvalue weighted by Gasteiger charge is -2.21. The van der Waals surface area contributed by atoms with Crippen molar-refractivity contribution in [2.24, 2.45) is 4.99 Å². The van der Waals surface area contributed by atoms with E-state index in [4.69, 9.17) is 5.26 Å². The first-order valence-electron chi connectivity index (χ1n) is 9.52. The molecule has 1 saturated heterocycles. The Labute approximate surface area is 189 Å². The number of likely N-dealkylation sites (tertiary alicyclic amines) is 1. The van der Waals surface area contributed by atoms with Crippen LogP contribution in [0.5, 0.6) is 0 Å². The Kier molecular flexibility index (Phi) is 8.86. The van der Waals surface area contributed by atoms with Gasteiger partial charge in [0.15, 0.2) is 5.96 Å². The van der Waals surface area contributed by atoms with Crippen molar-refractivity contribution in [2.75, 3.05) is 13.6 Å². The minimum Gasteiger partial charge on any atom is -0.352 e. The second-order valence-corrected chi connectivity index (χ2v) is 7.18. The van der Waals surface area contributed by atoms with Gasteiger partial charge in [0.2, 0.25) is 0 Å². The lowest BCUT2D eigenvalue weighted by atomic mass is 10.1. The number of hydrogen-bond donors (Lipinski definition) is 2. The molecule has 154 valence electrons. The molecule has 0 saturated carbocycles. The molecule has 2 aromatic rings. The SMILES string of the molecule is CN=C(NCc1ccc(C#N)cc1F)NC1CC(C)N(Cc2ccccc2)C1.I. The molecule has 0 radical (unpaired) electrons. The quantitative estimate of drug-likeness (QED) is 0.369. The van der Waals surface area contributed by atoms with Gasteiger partial charge in [-0.1, -0.05) is 36.4 Å². The standard InChI is InChI=1S/C22H26FN5.HI/c1-16-10-20(15-28(16)14-17-6-4-3-5-7-17)27-22(25-2)26-13-19-9-8-18(12-24)11-21(19)23;/h3-9,11,16,20H,10,13-15H2,1-2H3,(H2,25,26,27);1H. The predicted octanol–water partition coefficient (Wildman–Crippen LogP) is 3.64. The third-order valence-electron chi connectivity index (χ3n) is 5.13. The van der Waals surface area contributed by atoms with Crippen molar-refractivity contribution in [3.05, 3.63) is 71.0 Å². The van der Waals surface area contributed by atoms with Crippen LogP contribution in [-0.4, -0.2) is 36.5 Å². The first-order chi connectivity index (χ1) is 13.6. The lowest BCUT2D eigenvalue weighted by Crippen LogP contribution is -2.44. The maximum atomic E-state index is 14.0. The first-order valence-corrected chi connectivity index (χ1v) is 9.52. The Balaban J connectivity index is 0.00000300. The van der Waals surface area contributed by atoms with Gasteiger partial charge in [-0.2, -0.15) is 5.26 Å². The monoisotopic (exact) mass is 507 g/mol. The zero-order chi connectivity index (χ0) is 19.9. The molecule has 1 aliphatic heterocycles. The van der Waals surface area contributed by atoms with Crippen molar-refractivity contribution in [3.8, 4) is 6.07 Å². The van der Waals surface area contributed by atoms with E-state index in [9.17, 15) is 4.39 Å². The van der Waals surface area contributed by atoms with Crippen LogP contribution in [0.15, 0.2) is 53.5 Å². The molecule has 1 fully saturated rings. The number of nitriles is 1. The van der Waals surface area contributed by atoms with Gasteiger partial charge in [0.05, 0.1) is 11.6 Å². The average Bonchev–Trinajstić information content (AvgIpc) is 3.05. The summed E-state index contributed by atoms with van der Waals surface area (Å²) >= 11 is 0. The molecular formula is C22H27FIN5. The summed E-state index contributed by atoms with van der Waals surface area (Å²) in [6.45, 7) is 4.42. The highest BCUT2D eigenvalue weighted by Gasteiger charge is 2.29. The van der Waals surface area contributed by atoms with Crippen molar-refractivity contribution in [2.45, 2.75) is 38.5 Å². The highest BCUT2D eigenvalue weighted by molar-refractivity contribution is 14.0. The fraction of sp³-hybridized carbons (Fsp3) is 0.364. The van der Waals surface area contributed by atoms with Crippen LogP contribution in [0.2, 0.25) is 0 Å². The number of hydrogen-bond acceptors (Lipinski definition) is 3. The summed E-state index contributed by atoms with van der Waals surface area (Å²) in [4.78, 5) is 6.72. The molecule has 1 aliphatic rings. The summed E-state index contributed by atoms with van der Waals surface area (Å²) in [5, 5.41) is 15.5. The van der Waals surface area contributed by atoms with E-state index in [1.807, 2.05) is 12.1 Å². The van der Waals surface area contributed by atoms with E-state index >= 15 is 0 Å². The molecule has 5 nitrogen and oxygen atoms in total. The van der Waals surface area contributed by atoms with E-state index in [0.717, 1.165) is 19.5 Å². The van der Waals surface area contributed by atoms with Crippen molar-refractivity contribution in [1.29, 1.82) is 5.26 Å². The number of guanidine groups is 1. The number of nitrogens with zero attached hydrogens (tertiary/aromatic N) is 3. The largest absolute Gasteiger partial charge is 0.352 e. The number of rotatable bonds is 5. The summed E-state index contributed by atoms with van der Waals surface area (Å²) in [6.07, 6.45) is 1.03. The van der Waals surface area contributed by atoms with Crippen LogP contribution in [0.4, 0.5) is 4.39 Å². The van der Waals surface area contributed by atoms with Crippen LogP contribution in [-0.2, 0) is 13.1 Å². The molecular weight excluding hydrogens is 480 g/mol. The molecule has 0 aromatic heterocycles. The van der Waals surface area contributed by atoms with Crippen LogP contribution < -0.4 is 10.6 Å². The highest BCUT2D eigenvalue weighted by atomic mass is 127. The number of nitrogens with one attached hydrogen (secondary N) is 2. The summed E-state index contributed by atoms with van der Waals surface area (Å²) in [5.74, 6) is 0.271. The Morgan fingerprint density at radius 3 is 2.69 bits per heavy atom. The molecule has 1 heterocycles. The fourth-order valence-electron chi connectivity index (χ4n) is 3.57. The van der Waals surface area contributed by atoms with E-state index in [2.05, 4.69) is 51.7 Å². The number of benzene rings is 2. The van der Waals surface area contributed by atoms with E-state index in [-0.39, 0.29) is 35.8 Å². The van der Waals surface area contributed by atoms with E-state index < -0.39 is 0 Å². The molecule has 0 aliphatic carbocycles. The second-order valence-electron chi connectivity index (χ2n) is 7.18. The normalized spacial score (nSPS) is 19.3. The molecule has 2 aromatic carbocycles. The third-order valence-corrected chi connectivity index (χ3v) is 5.13.